The van der Waals surface area contributed by atoms with Crippen LogP contribution in [0.2, 0.25) is 0 Å². The summed E-state index contributed by atoms with van der Waals surface area (Å²) in [5, 5.41) is 4.34. The van der Waals surface area contributed by atoms with Gasteiger partial charge in [-0.25, -0.2) is 4.98 Å². The number of primary amides is 1. The number of nitrogens with one attached hydrogen (secondary N) is 1. The van der Waals surface area contributed by atoms with E-state index in [2.05, 4.69) is 10.3 Å². The number of nitrogens with two attached hydrogens (primary N) is 1. The zero-order valence-electron chi connectivity index (χ0n) is 16.7. The number of hydrogen-bond donors (Lipinski definition) is 2. The van der Waals surface area contributed by atoms with Gasteiger partial charge in [-0.2, -0.15) is 0 Å². The summed E-state index contributed by atoms with van der Waals surface area (Å²) in [6.07, 6.45) is 2.87. The van der Waals surface area contributed by atoms with E-state index in [4.69, 9.17) is 15.2 Å². The fourth-order valence-electron chi connectivity index (χ4n) is 2.63. The highest BCUT2D eigenvalue weighted by atomic mass is 16.5. The lowest BCUT2D eigenvalue weighted by atomic mass is 10.1. The number of nitrogens with zero attached hydrogens (tertiary/aromatic N) is 1. The van der Waals surface area contributed by atoms with Crippen LogP contribution < -0.4 is 20.5 Å². The maximum absolute atomic E-state index is 11.5. The summed E-state index contributed by atoms with van der Waals surface area (Å²) >= 11 is 0. The minimum atomic E-state index is -0.559. The van der Waals surface area contributed by atoms with Gasteiger partial charge in [-0.05, 0) is 30.0 Å². The van der Waals surface area contributed by atoms with E-state index in [0.717, 1.165) is 17.2 Å². The molecule has 3 rings (SSSR count). The van der Waals surface area contributed by atoms with Gasteiger partial charge < -0.3 is 20.5 Å². The third-order valence-corrected chi connectivity index (χ3v) is 3.82. The topological polar surface area (TPSA) is 104 Å². The standard InChI is InChI=1S/C16H17N3O4.2C2H6/c1-22-13-7-11-9(6-12(13)15(17)21)4-5-18-16(11)23-8-10-2-3-14(20)19-10;2*1-2/h4-7,10H,2-3,8H2,1H3,(H2,17,21)(H,19,20);2*1-2H3. The van der Waals surface area contributed by atoms with E-state index >= 15 is 0 Å². The van der Waals surface area contributed by atoms with E-state index < -0.39 is 5.91 Å². The predicted molar refractivity (Wildman–Crippen MR) is 106 cm³/mol. The maximum Gasteiger partial charge on any atom is 0.252 e. The first-order valence-corrected chi connectivity index (χ1v) is 9.27. The molecule has 7 heteroatoms. The Labute approximate surface area is 160 Å². The first kappa shape index (κ1) is 22.2. The molecule has 2 amide bonds. The van der Waals surface area contributed by atoms with Gasteiger partial charge in [-0.3, -0.25) is 9.59 Å². The number of pyridine rings is 1. The van der Waals surface area contributed by atoms with Crippen LogP contribution in [0.5, 0.6) is 11.6 Å². The van der Waals surface area contributed by atoms with Gasteiger partial charge >= 0.3 is 0 Å². The van der Waals surface area contributed by atoms with E-state index in [0.29, 0.717) is 30.2 Å². The normalized spacial score (nSPS) is 15.0. The largest absolute Gasteiger partial charge is 0.496 e. The van der Waals surface area contributed by atoms with Crippen molar-refractivity contribution in [1.82, 2.24) is 10.3 Å². The van der Waals surface area contributed by atoms with Crippen LogP contribution in [0.25, 0.3) is 10.8 Å². The van der Waals surface area contributed by atoms with Gasteiger partial charge in [0, 0.05) is 18.0 Å². The molecule has 1 fully saturated rings. The Morgan fingerprint density at radius 3 is 2.56 bits per heavy atom. The molecule has 0 radical (unpaired) electrons. The van der Waals surface area contributed by atoms with Gasteiger partial charge in [-0.1, -0.05) is 27.7 Å². The number of rotatable bonds is 5. The smallest absolute Gasteiger partial charge is 0.252 e. The summed E-state index contributed by atoms with van der Waals surface area (Å²) in [6, 6.07) is 5.10. The molecule has 1 saturated heterocycles. The molecule has 1 unspecified atom stereocenters. The zero-order valence-corrected chi connectivity index (χ0v) is 16.7. The number of ether oxygens (including phenoxy) is 2. The van der Waals surface area contributed by atoms with Crippen molar-refractivity contribution in [3.63, 3.8) is 0 Å². The number of carbonyl (C=O) groups is 2. The average molecular weight is 375 g/mol. The fourth-order valence-corrected chi connectivity index (χ4v) is 2.63. The SMILES string of the molecule is CC.CC.COc1cc2c(OCC3CCC(=O)N3)nccc2cc1C(N)=O. The number of methoxy groups -OCH3 is 1. The molecule has 1 aromatic carbocycles. The lowest BCUT2D eigenvalue weighted by Crippen LogP contribution is -2.31. The van der Waals surface area contributed by atoms with Crippen molar-refractivity contribution in [2.45, 2.75) is 46.6 Å². The molecule has 148 valence electrons. The minimum Gasteiger partial charge on any atom is -0.496 e. The summed E-state index contributed by atoms with van der Waals surface area (Å²) in [5.74, 6) is 0.281. The molecule has 0 spiro atoms. The zero-order chi connectivity index (χ0) is 20.4. The predicted octanol–water partition coefficient (Wildman–Crippen LogP) is 3.05. The van der Waals surface area contributed by atoms with Crippen molar-refractivity contribution in [2.24, 2.45) is 5.73 Å². The van der Waals surface area contributed by atoms with E-state index in [-0.39, 0.29) is 11.9 Å². The third kappa shape index (κ3) is 5.57. The number of aromatic nitrogens is 1. The Kier molecular flexibility index (Phi) is 9.05. The maximum atomic E-state index is 11.5. The molecule has 2 aromatic rings. The van der Waals surface area contributed by atoms with Gasteiger partial charge in [0.2, 0.25) is 11.8 Å². The molecule has 7 nitrogen and oxygen atoms in total. The first-order chi connectivity index (χ1) is 13.1. The first-order valence-electron chi connectivity index (χ1n) is 9.27. The second kappa shape index (κ2) is 11.0. The molecule has 0 saturated carbocycles. The van der Waals surface area contributed by atoms with Crippen molar-refractivity contribution in [1.29, 1.82) is 0 Å². The van der Waals surface area contributed by atoms with Crippen molar-refractivity contribution in [2.75, 3.05) is 13.7 Å². The molecule has 27 heavy (non-hydrogen) atoms. The van der Waals surface area contributed by atoms with Gasteiger partial charge in [0.15, 0.2) is 0 Å². The Morgan fingerprint density at radius 1 is 1.30 bits per heavy atom. The van der Waals surface area contributed by atoms with Crippen LogP contribution in [-0.2, 0) is 4.79 Å². The molecular formula is C20H29N3O4. The highest BCUT2D eigenvalue weighted by Crippen LogP contribution is 2.30. The van der Waals surface area contributed by atoms with E-state index in [1.807, 2.05) is 27.7 Å². The second-order valence-electron chi connectivity index (χ2n) is 5.37. The summed E-state index contributed by atoms with van der Waals surface area (Å²) in [4.78, 5) is 26.9. The molecule has 1 atom stereocenters. The summed E-state index contributed by atoms with van der Waals surface area (Å²) in [7, 11) is 1.47. The molecule has 1 aliphatic rings. The number of fused-ring (bicyclic) bond motifs is 1. The van der Waals surface area contributed by atoms with Crippen molar-refractivity contribution >= 4 is 22.6 Å². The molecule has 1 aromatic heterocycles. The molecular weight excluding hydrogens is 346 g/mol. The van der Waals surface area contributed by atoms with Crippen LogP contribution in [0.3, 0.4) is 0 Å². The number of amides is 2. The van der Waals surface area contributed by atoms with Crippen molar-refractivity contribution in [3.8, 4) is 11.6 Å². The quantitative estimate of drug-likeness (QED) is 0.836. The highest BCUT2D eigenvalue weighted by molar-refractivity contribution is 6.01. The Balaban J connectivity index is 0.000000855. The van der Waals surface area contributed by atoms with Crippen LogP contribution in [0.15, 0.2) is 24.4 Å². The van der Waals surface area contributed by atoms with Crippen LogP contribution >= 0.6 is 0 Å². The average Bonchev–Trinajstić information content (AvgIpc) is 3.13. The van der Waals surface area contributed by atoms with Gasteiger partial charge in [-0.15, -0.1) is 0 Å². The Morgan fingerprint density at radius 2 is 2.00 bits per heavy atom. The number of benzene rings is 1. The lowest BCUT2D eigenvalue weighted by Gasteiger charge is -2.14. The Hall–Kier alpha value is -2.83. The van der Waals surface area contributed by atoms with Crippen LogP contribution in [0.4, 0.5) is 0 Å². The summed E-state index contributed by atoms with van der Waals surface area (Å²) < 4.78 is 11.0. The van der Waals surface area contributed by atoms with Crippen LogP contribution in [0.1, 0.15) is 50.9 Å². The third-order valence-electron chi connectivity index (χ3n) is 3.82. The highest BCUT2D eigenvalue weighted by Gasteiger charge is 2.22. The Bertz CT molecular complexity index is 777. The van der Waals surface area contributed by atoms with E-state index in [1.165, 1.54) is 7.11 Å². The number of carbonyl (C=O) groups excluding carboxylic acids is 2. The van der Waals surface area contributed by atoms with Crippen LogP contribution in [0, 0.1) is 0 Å². The lowest BCUT2D eigenvalue weighted by molar-refractivity contribution is -0.119. The minimum absolute atomic E-state index is 0.00801. The van der Waals surface area contributed by atoms with Gasteiger partial charge in [0.05, 0.1) is 18.7 Å². The molecule has 0 bridgehead atoms. The molecule has 2 heterocycles. The van der Waals surface area contributed by atoms with Gasteiger partial charge in [0.1, 0.15) is 12.4 Å². The van der Waals surface area contributed by atoms with Crippen LogP contribution in [-0.4, -0.2) is 36.6 Å². The molecule has 3 N–H and O–H groups in total. The van der Waals surface area contributed by atoms with E-state index in [9.17, 15) is 9.59 Å². The van der Waals surface area contributed by atoms with Crippen molar-refractivity contribution < 1.29 is 19.1 Å². The fraction of sp³-hybridized carbons (Fsp3) is 0.450. The van der Waals surface area contributed by atoms with E-state index in [1.54, 1.807) is 24.4 Å². The monoisotopic (exact) mass is 375 g/mol. The summed E-state index contributed by atoms with van der Waals surface area (Å²) in [6.45, 7) is 8.34. The molecule has 0 aliphatic carbocycles. The molecule has 1 aliphatic heterocycles. The van der Waals surface area contributed by atoms with Gasteiger partial charge in [0.25, 0.3) is 5.91 Å². The second-order valence-corrected chi connectivity index (χ2v) is 5.37. The number of hydrogen-bond acceptors (Lipinski definition) is 5. The van der Waals surface area contributed by atoms with Crippen molar-refractivity contribution in [3.05, 3.63) is 30.0 Å². The summed E-state index contributed by atoms with van der Waals surface area (Å²) in [5.41, 5.74) is 5.67.